The van der Waals surface area contributed by atoms with Crippen LogP contribution in [-0.4, -0.2) is 33.2 Å². The van der Waals surface area contributed by atoms with E-state index in [0.717, 1.165) is 17.3 Å². The molecule has 2 aliphatic rings. The maximum Gasteiger partial charge on any atom is 0.339 e. The van der Waals surface area contributed by atoms with E-state index in [-0.39, 0.29) is 34.0 Å². The second kappa shape index (κ2) is 6.60. The lowest BCUT2D eigenvalue weighted by atomic mass is 10.1. The highest BCUT2D eigenvalue weighted by Gasteiger charge is 2.34. The number of carboxylic acid groups (broad SMARTS) is 1. The quantitative estimate of drug-likeness (QED) is 0.598. The van der Waals surface area contributed by atoms with Gasteiger partial charge in [-0.1, -0.05) is 30.0 Å². The summed E-state index contributed by atoms with van der Waals surface area (Å²) in [7, 11) is 0. The van der Waals surface area contributed by atoms with Gasteiger partial charge in [0.2, 0.25) is 6.79 Å². The second-order valence-corrected chi connectivity index (χ2v) is 7.31. The number of carboxylic acids is 1. The summed E-state index contributed by atoms with van der Waals surface area (Å²) in [6.45, 7) is 0.160. The van der Waals surface area contributed by atoms with Crippen LogP contribution in [0, 0.1) is 0 Å². The lowest BCUT2D eigenvalue weighted by Crippen LogP contribution is -2.27. The fraction of sp³-hybridized carbons (Fsp3) is 0.0556. The number of amides is 1. The molecule has 0 aromatic heterocycles. The zero-order chi connectivity index (χ0) is 19.1. The molecule has 0 spiro atoms. The summed E-state index contributed by atoms with van der Waals surface area (Å²) >= 11 is 6.40. The first kappa shape index (κ1) is 17.4. The van der Waals surface area contributed by atoms with Gasteiger partial charge in [0, 0.05) is 0 Å². The molecule has 4 rings (SSSR count). The molecular weight excluding hydrogens is 390 g/mol. The number of thiocarbonyl (C=S) groups is 1. The lowest BCUT2D eigenvalue weighted by molar-refractivity contribution is -0.113. The molecule has 2 N–H and O–H groups in total. The Labute approximate surface area is 162 Å². The molecule has 2 heterocycles. The van der Waals surface area contributed by atoms with Gasteiger partial charge >= 0.3 is 5.97 Å². The van der Waals surface area contributed by atoms with Crippen molar-refractivity contribution in [1.29, 1.82) is 0 Å². The van der Waals surface area contributed by atoms with Crippen molar-refractivity contribution in [3.8, 4) is 17.2 Å². The number of rotatable bonds is 3. The molecule has 0 saturated carbocycles. The van der Waals surface area contributed by atoms with Crippen molar-refractivity contribution in [2.24, 2.45) is 0 Å². The van der Waals surface area contributed by atoms with E-state index in [1.807, 2.05) is 0 Å². The molecule has 7 nitrogen and oxygen atoms in total. The topological polar surface area (TPSA) is 96.3 Å². The number of benzene rings is 2. The SMILES string of the molecule is O=C(O)c1cc(N2C(=O)/C(=C/c3ccc4c(c3)OCO4)SC2=S)ccc1O. The maximum atomic E-state index is 12.8. The Kier molecular flexibility index (Phi) is 4.25. The van der Waals surface area contributed by atoms with Gasteiger partial charge in [0.25, 0.3) is 5.91 Å². The molecule has 9 heteroatoms. The van der Waals surface area contributed by atoms with E-state index in [4.69, 9.17) is 26.8 Å². The van der Waals surface area contributed by atoms with Crippen molar-refractivity contribution in [2.45, 2.75) is 0 Å². The van der Waals surface area contributed by atoms with E-state index in [2.05, 4.69) is 0 Å². The summed E-state index contributed by atoms with van der Waals surface area (Å²) in [6.07, 6.45) is 1.68. The molecule has 0 atom stereocenters. The number of nitrogens with zero attached hydrogens (tertiary/aromatic N) is 1. The molecule has 1 saturated heterocycles. The molecule has 1 amide bonds. The minimum Gasteiger partial charge on any atom is -0.507 e. The number of ether oxygens (including phenoxy) is 2. The minimum atomic E-state index is -1.30. The Balaban J connectivity index is 1.66. The van der Waals surface area contributed by atoms with E-state index in [1.165, 1.54) is 23.1 Å². The van der Waals surface area contributed by atoms with Crippen molar-refractivity contribution in [3.05, 3.63) is 52.4 Å². The lowest BCUT2D eigenvalue weighted by Gasteiger charge is -2.15. The Morgan fingerprint density at radius 1 is 1.19 bits per heavy atom. The average molecular weight is 401 g/mol. The molecule has 0 radical (unpaired) electrons. The summed E-state index contributed by atoms with van der Waals surface area (Å²) in [6, 6.07) is 9.19. The molecule has 2 aliphatic heterocycles. The minimum absolute atomic E-state index is 0.160. The molecule has 2 aromatic rings. The number of thioether (sulfide) groups is 1. The first-order chi connectivity index (χ1) is 12.9. The number of carbonyl (C=O) groups excluding carboxylic acids is 1. The first-order valence-electron chi connectivity index (χ1n) is 7.68. The van der Waals surface area contributed by atoms with Crippen LogP contribution >= 0.6 is 24.0 Å². The van der Waals surface area contributed by atoms with Gasteiger partial charge in [-0.25, -0.2) is 4.79 Å². The number of hydrogen-bond acceptors (Lipinski definition) is 7. The van der Waals surface area contributed by atoms with Crippen LogP contribution in [0.4, 0.5) is 5.69 Å². The molecule has 2 aromatic carbocycles. The molecule has 136 valence electrons. The normalized spacial score (nSPS) is 17.0. The van der Waals surface area contributed by atoms with Gasteiger partial charge in [0.1, 0.15) is 11.3 Å². The molecule has 0 bridgehead atoms. The first-order valence-corrected chi connectivity index (χ1v) is 8.90. The fourth-order valence-corrected chi connectivity index (χ4v) is 3.98. The third-order valence-electron chi connectivity index (χ3n) is 3.96. The Morgan fingerprint density at radius 3 is 2.74 bits per heavy atom. The highest BCUT2D eigenvalue weighted by atomic mass is 32.2. The number of hydrogen-bond donors (Lipinski definition) is 2. The largest absolute Gasteiger partial charge is 0.507 e. The summed E-state index contributed by atoms with van der Waals surface area (Å²) in [5, 5.41) is 18.8. The number of aromatic carboxylic acids is 1. The fourth-order valence-electron chi connectivity index (χ4n) is 2.68. The summed E-state index contributed by atoms with van der Waals surface area (Å²) in [4.78, 5) is 25.7. The van der Waals surface area contributed by atoms with E-state index in [9.17, 15) is 14.7 Å². The molecule has 27 heavy (non-hydrogen) atoms. The van der Waals surface area contributed by atoms with Crippen molar-refractivity contribution in [1.82, 2.24) is 0 Å². The smallest absolute Gasteiger partial charge is 0.339 e. The molecule has 1 fully saturated rings. The van der Waals surface area contributed by atoms with Crippen LogP contribution in [0.3, 0.4) is 0 Å². The van der Waals surface area contributed by atoms with Gasteiger partial charge < -0.3 is 19.7 Å². The molecular formula is C18H11NO6S2. The van der Waals surface area contributed by atoms with Crippen molar-refractivity contribution < 1.29 is 29.3 Å². The van der Waals surface area contributed by atoms with Crippen LogP contribution in [-0.2, 0) is 4.79 Å². The third kappa shape index (κ3) is 3.11. The zero-order valence-electron chi connectivity index (χ0n) is 13.5. The van der Waals surface area contributed by atoms with Gasteiger partial charge in [-0.05, 0) is 42.0 Å². The van der Waals surface area contributed by atoms with Gasteiger partial charge in [-0.2, -0.15) is 0 Å². The summed E-state index contributed by atoms with van der Waals surface area (Å²) in [5.74, 6) is -0.804. The summed E-state index contributed by atoms with van der Waals surface area (Å²) in [5.41, 5.74) is 0.722. The average Bonchev–Trinajstić information content (AvgIpc) is 3.20. The van der Waals surface area contributed by atoms with Gasteiger partial charge in [0.15, 0.2) is 15.8 Å². The highest BCUT2D eigenvalue weighted by Crippen LogP contribution is 2.39. The number of phenols is 1. The zero-order valence-corrected chi connectivity index (χ0v) is 15.2. The second-order valence-electron chi connectivity index (χ2n) is 5.64. The predicted octanol–water partition coefficient (Wildman–Crippen LogP) is 3.22. The van der Waals surface area contributed by atoms with Crippen molar-refractivity contribution in [2.75, 3.05) is 11.7 Å². The van der Waals surface area contributed by atoms with Gasteiger partial charge in [-0.15, -0.1) is 0 Å². The van der Waals surface area contributed by atoms with Crippen LogP contribution in [0.15, 0.2) is 41.3 Å². The van der Waals surface area contributed by atoms with Gasteiger partial charge in [-0.3, -0.25) is 9.69 Å². The standard InChI is InChI=1S/C18H11NO6S2/c20-12-3-2-10(7-11(12)17(22)23)19-16(21)15(27-18(19)26)6-9-1-4-13-14(5-9)25-8-24-13/h1-7,20H,8H2,(H,22,23)/b15-6-. The molecule has 0 unspecified atom stereocenters. The number of aromatic hydroxyl groups is 1. The van der Waals surface area contributed by atoms with Crippen LogP contribution in [0.25, 0.3) is 6.08 Å². The van der Waals surface area contributed by atoms with E-state index in [1.54, 1.807) is 24.3 Å². The number of carbonyl (C=O) groups is 2. The van der Waals surface area contributed by atoms with E-state index in [0.29, 0.717) is 16.4 Å². The molecule has 0 aliphatic carbocycles. The Hall–Kier alpha value is -3.04. The maximum absolute atomic E-state index is 12.8. The number of fused-ring (bicyclic) bond motifs is 1. The van der Waals surface area contributed by atoms with Crippen LogP contribution in [0.1, 0.15) is 15.9 Å². The van der Waals surface area contributed by atoms with Crippen LogP contribution < -0.4 is 14.4 Å². The van der Waals surface area contributed by atoms with Crippen molar-refractivity contribution in [3.63, 3.8) is 0 Å². The third-order valence-corrected chi connectivity index (χ3v) is 5.26. The van der Waals surface area contributed by atoms with E-state index < -0.39 is 5.97 Å². The number of anilines is 1. The Morgan fingerprint density at radius 2 is 1.96 bits per heavy atom. The van der Waals surface area contributed by atoms with Gasteiger partial charge in [0.05, 0.1) is 10.6 Å². The monoisotopic (exact) mass is 401 g/mol. The predicted molar refractivity (Wildman–Crippen MR) is 103 cm³/mol. The van der Waals surface area contributed by atoms with Crippen LogP contribution in [0.2, 0.25) is 0 Å². The van der Waals surface area contributed by atoms with E-state index >= 15 is 0 Å². The van der Waals surface area contributed by atoms with Crippen molar-refractivity contribution >= 4 is 51.9 Å². The highest BCUT2D eigenvalue weighted by molar-refractivity contribution is 8.27. The Bertz CT molecular complexity index is 1030. The van der Waals surface area contributed by atoms with Crippen LogP contribution in [0.5, 0.6) is 17.2 Å². The summed E-state index contributed by atoms with van der Waals surface area (Å²) < 4.78 is 10.9.